The summed E-state index contributed by atoms with van der Waals surface area (Å²) in [6.45, 7) is 1.85. The Morgan fingerprint density at radius 1 is 1.29 bits per heavy atom. The van der Waals surface area contributed by atoms with Crippen molar-refractivity contribution in [2.75, 3.05) is 11.1 Å². The van der Waals surface area contributed by atoms with Crippen LogP contribution in [0.3, 0.4) is 0 Å². The fraction of sp³-hybridized carbons (Fsp3) is 0.0909. The molecule has 2 rings (SSSR count). The van der Waals surface area contributed by atoms with Gasteiger partial charge in [-0.3, -0.25) is 9.78 Å². The number of nitrogen functional groups attached to an aromatic ring is 1. The highest BCUT2D eigenvalue weighted by Crippen LogP contribution is 2.08. The number of carbonyl (C=O) groups is 1. The highest BCUT2D eigenvalue weighted by Gasteiger charge is 2.08. The van der Waals surface area contributed by atoms with Crippen molar-refractivity contribution in [3.05, 3.63) is 41.9 Å². The molecule has 2 aromatic rings. The number of hydrogen-bond acceptors (Lipinski definition) is 5. The summed E-state index contributed by atoms with van der Waals surface area (Å²) in [5.74, 6) is -0.0515. The average Bonchev–Trinajstić information content (AvgIpc) is 2.29. The van der Waals surface area contributed by atoms with E-state index in [-0.39, 0.29) is 17.4 Å². The van der Waals surface area contributed by atoms with Crippen molar-refractivity contribution in [2.45, 2.75) is 6.92 Å². The van der Waals surface area contributed by atoms with Crippen LogP contribution in [0.15, 0.2) is 30.5 Å². The van der Waals surface area contributed by atoms with E-state index in [0.717, 1.165) is 5.69 Å². The van der Waals surface area contributed by atoms with Gasteiger partial charge in [-0.05, 0) is 31.2 Å². The summed E-state index contributed by atoms with van der Waals surface area (Å²) >= 11 is 0. The molecule has 0 aliphatic carbocycles. The molecule has 2 heterocycles. The minimum Gasteiger partial charge on any atom is -0.382 e. The van der Waals surface area contributed by atoms with Crippen LogP contribution in [-0.4, -0.2) is 21.1 Å². The van der Waals surface area contributed by atoms with Crippen LogP contribution in [0.25, 0.3) is 0 Å². The maximum absolute atomic E-state index is 11.8. The smallest absolute Gasteiger partial charge is 0.276 e. The van der Waals surface area contributed by atoms with Gasteiger partial charge in [-0.15, -0.1) is 10.2 Å². The third-order valence-corrected chi connectivity index (χ3v) is 2.07. The predicted molar refractivity (Wildman–Crippen MR) is 63.4 cm³/mol. The number of pyridine rings is 1. The van der Waals surface area contributed by atoms with Gasteiger partial charge in [-0.1, -0.05) is 0 Å². The number of nitrogens with zero attached hydrogens (tertiary/aromatic N) is 3. The summed E-state index contributed by atoms with van der Waals surface area (Å²) in [5, 5.41) is 10.0. The van der Waals surface area contributed by atoms with Crippen molar-refractivity contribution < 1.29 is 4.79 Å². The molecule has 0 spiro atoms. The van der Waals surface area contributed by atoms with E-state index in [1.165, 1.54) is 12.1 Å². The van der Waals surface area contributed by atoms with Gasteiger partial charge in [0.05, 0.1) is 0 Å². The average molecular weight is 229 g/mol. The van der Waals surface area contributed by atoms with Crippen molar-refractivity contribution in [1.29, 1.82) is 0 Å². The van der Waals surface area contributed by atoms with Crippen LogP contribution >= 0.6 is 0 Å². The molecule has 0 aliphatic heterocycles. The van der Waals surface area contributed by atoms with E-state index in [1.807, 2.05) is 6.92 Å². The standard InChI is InChI=1S/C11H11N5O/c1-7-6-8(4-5-13-7)14-11(17)9-2-3-10(12)16-15-9/h2-6H,1H3,(H2,12,16)(H,13,14,17). The van der Waals surface area contributed by atoms with Crippen molar-refractivity contribution in [1.82, 2.24) is 15.2 Å². The Bertz CT molecular complexity index is 538. The number of aryl methyl sites for hydroxylation is 1. The zero-order valence-corrected chi connectivity index (χ0v) is 9.21. The first kappa shape index (κ1) is 11.0. The lowest BCUT2D eigenvalue weighted by Gasteiger charge is -2.04. The van der Waals surface area contributed by atoms with Gasteiger partial charge in [0.25, 0.3) is 5.91 Å². The van der Waals surface area contributed by atoms with Gasteiger partial charge in [0.15, 0.2) is 5.69 Å². The van der Waals surface area contributed by atoms with E-state index in [4.69, 9.17) is 5.73 Å². The second kappa shape index (κ2) is 4.56. The molecular formula is C11H11N5O. The number of anilines is 2. The second-order valence-corrected chi connectivity index (χ2v) is 3.48. The fourth-order valence-corrected chi connectivity index (χ4v) is 1.28. The SMILES string of the molecule is Cc1cc(NC(=O)c2ccc(N)nn2)ccn1. The highest BCUT2D eigenvalue weighted by atomic mass is 16.1. The van der Waals surface area contributed by atoms with Crippen LogP contribution in [-0.2, 0) is 0 Å². The highest BCUT2D eigenvalue weighted by molar-refractivity contribution is 6.02. The van der Waals surface area contributed by atoms with Crippen LogP contribution in [0.5, 0.6) is 0 Å². The molecule has 17 heavy (non-hydrogen) atoms. The Hall–Kier alpha value is -2.50. The maximum atomic E-state index is 11.8. The second-order valence-electron chi connectivity index (χ2n) is 3.48. The van der Waals surface area contributed by atoms with Gasteiger partial charge in [0.2, 0.25) is 0 Å². The monoisotopic (exact) mass is 229 g/mol. The lowest BCUT2D eigenvalue weighted by atomic mass is 10.3. The summed E-state index contributed by atoms with van der Waals surface area (Å²) in [5.41, 5.74) is 7.09. The van der Waals surface area contributed by atoms with Crippen LogP contribution in [0.2, 0.25) is 0 Å². The third kappa shape index (κ3) is 2.75. The molecule has 0 saturated heterocycles. The largest absolute Gasteiger partial charge is 0.382 e. The Morgan fingerprint density at radius 3 is 2.76 bits per heavy atom. The molecule has 1 amide bonds. The molecule has 6 heteroatoms. The zero-order chi connectivity index (χ0) is 12.3. The van der Waals surface area contributed by atoms with Gasteiger partial charge >= 0.3 is 0 Å². The number of nitrogens with two attached hydrogens (primary N) is 1. The predicted octanol–water partition coefficient (Wildman–Crippen LogP) is 1.01. The van der Waals surface area contributed by atoms with Gasteiger partial charge in [-0.25, -0.2) is 0 Å². The lowest BCUT2D eigenvalue weighted by Crippen LogP contribution is -2.14. The zero-order valence-electron chi connectivity index (χ0n) is 9.21. The van der Waals surface area contributed by atoms with Gasteiger partial charge < -0.3 is 11.1 Å². The van der Waals surface area contributed by atoms with Crippen molar-refractivity contribution in [2.24, 2.45) is 0 Å². The molecule has 2 aromatic heterocycles. The quantitative estimate of drug-likeness (QED) is 0.801. The molecule has 0 aromatic carbocycles. The molecule has 3 N–H and O–H groups in total. The van der Waals surface area contributed by atoms with E-state index in [0.29, 0.717) is 5.69 Å². The van der Waals surface area contributed by atoms with Crippen molar-refractivity contribution in [3.63, 3.8) is 0 Å². The minimum atomic E-state index is -0.330. The Morgan fingerprint density at radius 2 is 2.12 bits per heavy atom. The summed E-state index contributed by atoms with van der Waals surface area (Å²) in [4.78, 5) is 15.8. The number of nitrogens with one attached hydrogen (secondary N) is 1. The number of aromatic nitrogens is 3. The maximum Gasteiger partial charge on any atom is 0.276 e. The molecule has 0 radical (unpaired) electrons. The van der Waals surface area contributed by atoms with E-state index in [1.54, 1.807) is 18.3 Å². The van der Waals surface area contributed by atoms with E-state index in [2.05, 4.69) is 20.5 Å². The Balaban J connectivity index is 2.14. The molecule has 0 saturated carbocycles. The Labute approximate surface area is 97.9 Å². The van der Waals surface area contributed by atoms with E-state index < -0.39 is 0 Å². The fourth-order valence-electron chi connectivity index (χ4n) is 1.28. The molecule has 0 atom stereocenters. The van der Waals surface area contributed by atoms with Crippen LogP contribution in [0.1, 0.15) is 16.2 Å². The topological polar surface area (TPSA) is 93.8 Å². The first-order chi connectivity index (χ1) is 8.15. The van der Waals surface area contributed by atoms with Crippen LogP contribution < -0.4 is 11.1 Å². The molecule has 0 aliphatic rings. The van der Waals surface area contributed by atoms with Crippen LogP contribution in [0, 0.1) is 6.92 Å². The van der Waals surface area contributed by atoms with Gasteiger partial charge in [0.1, 0.15) is 5.82 Å². The summed E-state index contributed by atoms with van der Waals surface area (Å²) in [7, 11) is 0. The first-order valence-electron chi connectivity index (χ1n) is 4.98. The Kier molecular flexibility index (Phi) is 2.95. The van der Waals surface area contributed by atoms with Gasteiger partial charge in [-0.2, -0.15) is 0 Å². The molecule has 6 nitrogen and oxygen atoms in total. The number of amides is 1. The number of carbonyl (C=O) groups excluding carboxylic acids is 1. The third-order valence-electron chi connectivity index (χ3n) is 2.07. The first-order valence-corrected chi connectivity index (χ1v) is 4.98. The molecule has 0 bridgehead atoms. The van der Waals surface area contributed by atoms with Crippen LogP contribution in [0.4, 0.5) is 11.5 Å². The van der Waals surface area contributed by atoms with Crippen molar-refractivity contribution >= 4 is 17.4 Å². The normalized spacial score (nSPS) is 9.94. The van der Waals surface area contributed by atoms with E-state index in [9.17, 15) is 4.79 Å². The molecular weight excluding hydrogens is 218 g/mol. The number of hydrogen-bond donors (Lipinski definition) is 2. The molecule has 86 valence electrons. The minimum absolute atomic E-state index is 0.216. The summed E-state index contributed by atoms with van der Waals surface area (Å²) in [6.07, 6.45) is 1.62. The number of rotatable bonds is 2. The lowest BCUT2D eigenvalue weighted by molar-refractivity contribution is 0.102. The van der Waals surface area contributed by atoms with Gasteiger partial charge in [0, 0.05) is 17.6 Å². The van der Waals surface area contributed by atoms with E-state index >= 15 is 0 Å². The molecule has 0 fully saturated rings. The summed E-state index contributed by atoms with van der Waals surface area (Å²) < 4.78 is 0. The molecule has 0 unspecified atom stereocenters. The van der Waals surface area contributed by atoms with Crippen molar-refractivity contribution in [3.8, 4) is 0 Å². The summed E-state index contributed by atoms with van der Waals surface area (Å²) in [6, 6.07) is 6.52.